The first-order chi connectivity index (χ1) is 11.4. The van der Waals surface area contributed by atoms with E-state index in [-0.39, 0.29) is 5.56 Å². The minimum Gasteiger partial charge on any atom is -0.496 e. The lowest BCUT2D eigenvalue weighted by Gasteiger charge is -2.27. The molecule has 0 aliphatic rings. The number of methoxy groups -OCH3 is 1. The van der Waals surface area contributed by atoms with Crippen LogP contribution in [-0.2, 0) is 10.4 Å². The maximum Gasteiger partial charge on any atom is 0.258 e. The lowest BCUT2D eigenvalue weighted by Crippen LogP contribution is -2.42. The highest BCUT2D eigenvalue weighted by atomic mass is 16.5. The van der Waals surface area contributed by atoms with E-state index in [2.05, 4.69) is 0 Å². The van der Waals surface area contributed by atoms with Crippen LogP contribution < -0.4 is 15.2 Å². The highest BCUT2D eigenvalue weighted by molar-refractivity contribution is 5.89. The SMILES string of the molecule is COc1cc(OCC(C)C)ccc1C(O)(C(N)=O)c1ccccc1. The molecule has 1 atom stereocenters. The molecule has 5 nitrogen and oxygen atoms in total. The second kappa shape index (κ2) is 7.36. The van der Waals surface area contributed by atoms with E-state index >= 15 is 0 Å². The molecule has 0 heterocycles. The molecule has 5 heteroatoms. The van der Waals surface area contributed by atoms with Crippen LogP contribution in [0.15, 0.2) is 48.5 Å². The van der Waals surface area contributed by atoms with Crippen molar-refractivity contribution in [3.8, 4) is 11.5 Å². The highest BCUT2D eigenvalue weighted by Gasteiger charge is 2.40. The summed E-state index contributed by atoms with van der Waals surface area (Å²) in [5, 5.41) is 11.1. The minimum absolute atomic E-state index is 0.278. The lowest BCUT2D eigenvalue weighted by atomic mass is 9.85. The molecule has 0 bridgehead atoms. The van der Waals surface area contributed by atoms with Gasteiger partial charge in [-0.2, -0.15) is 0 Å². The summed E-state index contributed by atoms with van der Waals surface area (Å²) in [6, 6.07) is 13.5. The number of nitrogens with two attached hydrogens (primary N) is 1. The molecule has 1 unspecified atom stereocenters. The second-order valence-electron chi connectivity index (χ2n) is 6.01. The van der Waals surface area contributed by atoms with Gasteiger partial charge >= 0.3 is 0 Å². The Morgan fingerprint density at radius 1 is 1.21 bits per heavy atom. The molecule has 2 rings (SSSR count). The Labute approximate surface area is 142 Å². The Balaban J connectivity index is 2.49. The maximum absolute atomic E-state index is 12.1. The quantitative estimate of drug-likeness (QED) is 0.817. The van der Waals surface area contributed by atoms with Gasteiger partial charge in [0.25, 0.3) is 5.91 Å². The van der Waals surface area contributed by atoms with Crippen molar-refractivity contribution in [2.45, 2.75) is 19.4 Å². The molecular formula is C19H23NO4. The number of hydrogen-bond donors (Lipinski definition) is 2. The molecule has 3 N–H and O–H groups in total. The molecule has 0 radical (unpaired) electrons. The molecule has 24 heavy (non-hydrogen) atoms. The van der Waals surface area contributed by atoms with Crippen molar-refractivity contribution < 1.29 is 19.4 Å². The number of benzene rings is 2. The van der Waals surface area contributed by atoms with Crippen LogP contribution in [0.25, 0.3) is 0 Å². The summed E-state index contributed by atoms with van der Waals surface area (Å²) >= 11 is 0. The van der Waals surface area contributed by atoms with E-state index in [1.54, 1.807) is 48.5 Å². The van der Waals surface area contributed by atoms with Gasteiger partial charge in [-0.1, -0.05) is 44.2 Å². The molecule has 0 saturated carbocycles. The molecule has 0 fully saturated rings. The first kappa shape index (κ1) is 17.8. The van der Waals surface area contributed by atoms with Crippen molar-refractivity contribution in [2.24, 2.45) is 11.7 Å². The second-order valence-corrected chi connectivity index (χ2v) is 6.01. The molecule has 0 spiro atoms. The number of carbonyl (C=O) groups excluding carboxylic acids is 1. The van der Waals surface area contributed by atoms with Gasteiger partial charge in [0.15, 0.2) is 5.60 Å². The van der Waals surface area contributed by atoms with Gasteiger partial charge in [0.1, 0.15) is 11.5 Å². The summed E-state index contributed by atoms with van der Waals surface area (Å²) in [5.41, 5.74) is 4.20. The van der Waals surface area contributed by atoms with Gasteiger partial charge in [-0.05, 0) is 23.6 Å². The smallest absolute Gasteiger partial charge is 0.258 e. The number of carbonyl (C=O) groups is 1. The average Bonchev–Trinajstić information content (AvgIpc) is 2.59. The number of primary amides is 1. The molecule has 0 aromatic heterocycles. The molecule has 0 aliphatic heterocycles. The molecule has 2 aromatic carbocycles. The Kier molecular flexibility index (Phi) is 5.46. The van der Waals surface area contributed by atoms with Crippen LogP contribution in [0.3, 0.4) is 0 Å². The molecule has 2 aromatic rings. The van der Waals surface area contributed by atoms with Crippen molar-refractivity contribution in [3.05, 3.63) is 59.7 Å². The molecular weight excluding hydrogens is 306 g/mol. The van der Waals surface area contributed by atoms with Gasteiger partial charge in [0.05, 0.1) is 13.7 Å². The summed E-state index contributed by atoms with van der Waals surface area (Å²) < 4.78 is 11.0. The average molecular weight is 329 g/mol. The molecule has 128 valence electrons. The van der Waals surface area contributed by atoms with Gasteiger partial charge in [-0.25, -0.2) is 0 Å². The van der Waals surface area contributed by atoms with Crippen LogP contribution in [0.5, 0.6) is 11.5 Å². The summed E-state index contributed by atoms with van der Waals surface area (Å²) in [6.45, 7) is 4.65. The number of hydrogen-bond acceptors (Lipinski definition) is 4. The first-order valence-corrected chi connectivity index (χ1v) is 7.78. The third-order valence-corrected chi connectivity index (χ3v) is 3.69. The number of amides is 1. The van der Waals surface area contributed by atoms with Crippen molar-refractivity contribution in [3.63, 3.8) is 0 Å². The van der Waals surface area contributed by atoms with Crippen molar-refractivity contribution in [1.82, 2.24) is 0 Å². The topological polar surface area (TPSA) is 81.8 Å². The summed E-state index contributed by atoms with van der Waals surface area (Å²) in [6.07, 6.45) is 0. The van der Waals surface area contributed by atoms with E-state index in [0.717, 1.165) is 0 Å². The number of aliphatic hydroxyl groups is 1. The van der Waals surface area contributed by atoms with E-state index < -0.39 is 11.5 Å². The Hall–Kier alpha value is -2.53. The van der Waals surface area contributed by atoms with Gasteiger partial charge < -0.3 is 20.3 Å². The first-order valence-electron chi connectivity index (χ1n) is 7.78. The van der Waals surface area contributed by atoms with Crippen molar-refractivity contribution >= 4 is 5.91 Å². The third-order valence-electron chi connectivity index (χ3n) is 3.69. The van der Waals surface area contributed by atoms with Crippen LogP contribution in [-0.4, -0.2) is 24.7 Å². The minimum atomic E-state index is -1.98. The van der Waals surface area contributed by atoms with Crippen LogP contribution in [0.4, 0.5) is 0 Å². The van der Waals surface area contributed by atoms with Gasteiger partial charge in [0, 0.05) is 11.6 Å². The van der Waals surface area contributed by atoms with Crippen LogP contribution in [0.2, 0.25) is 0 Å². The highest BCUT2D eigenvalue weighted by Crippen LogP contribution is 2.37. The fourth-order valence-corrected chi connectivity index (χ4v) is 2.43. The van der Waals surface area contributed by atoms with Crippen LogP contribution in [0.1, 0.15) is 25.0 Å². The standard InChI is InChI=1S/C19H23NO4/c1-13(2)12-24-15-9-10-16(17(11-15)23-3)19(22,18(20)21)14-7-5-4-6-8-14/h4-11,13,22H,12H2,1-3H3,(H2,20,21). The summed E-state index contributed by atoms with van der Waals surface area (Å²) in [5.74, 6) is 0.441. The van der Waals surface area contributed by atoms with Crippen molar-refractivity contribution in [1.29, 1.82) is 0 Å². The third kappa shape index (κ3) is 3.51. The van der Waals surface area contributed by atoms with E-state index in [0.29, 0.717) is 29.6 Å². The fraction of sp³-hybridized carbons (Fsp3) is 0.316. The van der Waals surface area contributed by atoms with E-state index in [1.165, 1.54) is 7.11 Å². The Bertz CT molecular complexity index is 700. The predicted octanol–water partition coefficient (Wildman–Crippen LogP) is 2.45. The monoisotopic (exact) mass is 329 g/mol. The lowest BCUT2D eigenvalue weighted by molar-refractivity contribution is -0.133. The van der Waals surface area contributed by atoms with Crippen LogP contribution in [0, 0.1) is 5.92 Å². The summed E-state index contributed by atoms with van der Waals surface area (Å²) in [4.78, 5) is 12.1. The normalized spacial score (nSPS) is 13.4. The molecule has 0 saturated heterocycles. The Morgan fingerprint density at radius 3 is 2.42 bits per heavy atom. The molecule has 1 amide bonds. The van der Waals surface area contributed by atoms with E-state index in [4.69, 9.17) is 15.2 Å². The van der Waals surface area contributed by atoms with Crippen molar-refractivity contribution in [2.75, 3.05) is 13.7 Å². The van der Waals surface area contributed by atoms with E-state index in [1.807, 2.05) is 13.8 Å². The Morgan fingerprint density at radius 2 is 1.88 bits per heavy atom. The fourth-order valence-electron chi connectivity index (χ4n) is 2.43. The van der Waals surface area contributed by atoms with Gasteiger partial charge in [-0.3, -0.25) is 4.79 Å². The summed E-state index contributed by atoms with van der Waals surface area (Å²) in [7, 11) is 1.47. The number of rotatable bonds is 7. The molecule has 0 aliphatic carbocycles. The van der Waals surface area contributed by atoms with E-state index in [9.17, 15) is 9.90 Å². The zero-order valence-electron chi connectivity index (χ0n) is 14.2. The zero-order valence-corrected chi connectivity index (χ0v) is 14.2. The van der Waals surface area contributed by atoms with Gasteiger partial charge in [-0.15, -0.1) is 0 Å². The maximum atomic E-state index is 12.1. The zero-order chi connectivity index (χ0) is 17.7. The van der Waals surface area contributed by atoms with Crippen LogP contribution >= 0.6 is 0 Å². The number of ether oxygens (including phenoxy) is 2. The predicted molar refractivity (Wildman–Crippen MR) is 92.0 cm³/mol. The van der Waals surface area contributed by atoms with Gasteiger partial charge in [0.2, 0.25) is 0 Å². The largest absolute Gasteiger partial charge is 0.496 e.